The lowest BCUT2D eigenvalue weighted by molar-refractivity contribution is -0.137. The van der Waals surface area contributed by atoms with Gasteiger partial charge in [-0.15, -0.1) is 0 Å². The van der Waals surface area contributed by atoms with E-state index in [4.69, 9.17) is 4.84 Å². The van der Waals surface area contributed by atoms with Crippen LogP contribution in [-0.4, -0.2) is 19.6 Å². The summed E-state index contributed by atoms with van der Waals surface area (Å²) in [4.78, 5) is 5.22. The molecule has 34 heavy (non-hydrogen) atoms. The van der Waals surface area contributed by atoms with Gasteiger partial charge in [0, 0.05) is 5.56 Å². The van der Waals surface area contributed by atoms with E-state index in [0.29, 0.717) is 11.1 Å². The molecular weight excluding hydrogens is 486 g/mol. The maximum absolute atomic E-state index is 12.8. The summed E-state index contributed by atoms with van der Waals surface area (Å²) in [6, 6.07) is 8.26. The van der Waals surface area contributed by atoms with Gasteiger partial charge in [-0.2, -0.15) is 34.8 Å². The Morgan fingerprint density at radius 2 is 1.56 bits per heavy atom. The number of nitrogens with one attached hydrogen (secondary N) is 1. The van der Waals surface area contributed by atoms with Crippen molar-refractivity contribution in [2.24, 2.45) is 11.1 Å². The fraction of sp³-hybridized carbons (Fsp3) is 0.409. The number of benzene rings is 2. The second kappa shape index (κ2) is 11.6. The maximum Gasteiger partial charge on any atom is 0.516 e. The normalized spacial score (nSPS) is 12.8. The van der Waals surface area contributed by atoms with Crippen LogP contribution in [0.1, 0.15) is 49.9 Å². The van der Waals surface area contributed by atoms with Gasteiger partial charge in [-0.05, 0) is 42.7 Å². The lowest BCUT2D eigenvalue weighted by Gasteiger charge is -2.17. The van der Waals surface area contributed by atoms with Crippen LogP contribution in [0, 0.1) is 12.8 Å². The number of halogens is 6. The zero-order valence-corrected chi connectivity index (χ0v) is 20.0. The Kier molecular flexibility index (Phi) is 9.97. The molecule has 0 bridgehead atoms. The van der Waals surface area contributed by atoms with E-state index in [1.54, 1.807) is 20.8 Å². The van der Waals surface area contributed by atoms with Crippen LogP contribution in [0.2, 0.25) is 0 Å². The summed E-state index contributed by atoms with van der Waals surface area (Å²) in [5, 5.41) is 3.93. The highest BCUT2D eigenvalue weighted by atomic mass is 32.2. The Labute approximate surface area is 194 Å². The average Bonchev–Trinajstić information content (AvgIpc) is 2.72. The van der Waals surface area contributed by atoms with Crippen molar-refractivity contribution in [2.75, 3.05) is 4.72 Å². The molecule has 0 amide bonds. The lowest BCUT2D eigenvalue weighted by atomic mass is 9.97. The maximum atomic E-state index is 12.8. The first kappa shape index (κ1) is 29.3. The van der Waals surface area contributed by atoms with Gasteiger partial charge in [0.2, 0.25) is 0 Å². The lowest BCUT2D eigenvalue weighted by Crippen LogP contribution is -2.30. The van der Waals surface area contributed by atoms with Crippen molar-refractivity contribution in [3.63, 3.8) is 0 Å². The second-order valence-corrected chi connectivity index (χ2v) is 8.87. The predicted molar refractivity (Wildman–Crippen MR) is 119 cm³/mol. The van der Waals surface area contributed by atoms with Gasteiger partial charge >= 0.3 is 21.7 Å². The molecule has 0 saturated heterocycles. The Morgan fingerprint density at radius 3 is 2.03 bits per heavy atom. The standard InChI is InChI=1S/C20H20F6N2O3S.C2H6/c1-12(2)18(27-31-11-14-5-7-15(8-6-14)19(21,22)23)16-10-13(3)4-9-17(16)28-32(29,30)20(24,25)26;1-2/h4-10,12,28H,11H2,1-3H3;1-2H3/b27-18+;. The van der Waals surface area contributed by atoms with Crippen LogP contribution >= 0.6 is 0 Å². The highest BCUT2D eigenvalue weighted by Crippen LogP contribution is 2.30. The minimum Gasteiger partial charge on any atom is -0.391 e. The van der Waals surface area contributed by atoms with Gasteiger partial charge in [0.1, 0.15) is 6.61 Å². The summed E-state index contributed by atoms with van der Waals surface area (Å²) in [6.45, 7) is 8.80. The van der Waals surface area contributed by atoms with Crippen molar-refractivity contribution in [3.8, 4) is 0 Å². The summed E-state index contributed by atoms with van der Waals surface area (Å²) in [5.41, 5.74) is -5.42. The van der Waals surface area contributed by atoms with Crippen molar-refractivity contribution in [3.05, 3.63) is 64.7 Å². The first-order valence-corrected chi connectivity index (χ1v) is 11.7. The van der Waals surface area contributed by atoms with Gasteiger partial charge in [-0.1, -0.05) is 56.6 Å². The molecule has 2 aromatic rings. The number of aryl methyl sites for hydroxylation is 1. The van der Waals surface area contributed by atoms with Crippen LogP contribution < -0.4 is 4.72 Å². The smallest absolute Gasteiger partial charge is 0.391 e. The van der Waals surface area contributed by atoms with Gasteiger partial charge in [0.05, 0.1) is 17.0 Å². The molecule has 0 aliphatic carbocycles. The Balaban J connectivity index is 0.00000281. The molecule has 0 radical (unpaired) electrons. The third-order valence-electron chi connectivity index (χ3n) is 4.22. The number of hydrogen-bond acceptors (Lipinski definition) is 4. The molecule has 0 unspecified atom stereocenters. The fourth-order valence-corrected chi connectivity index (χ4v) is 3.18. The first-order valence-electron chi connectivity index (χ1n) is 10.2. The minimum atomic E-state index is -5.66. The molecule has 0 atom stereocenters. The van der Waals surface area contributed by atoms with E-state index in [1.807, 2.05) is 13.8 Å². The molecule has 0 fully saturated rings. The van der Waals surface area contributed by atoms with Gasteiger partial charge in [0.25, 0.3) is 0 Å². The molecule has 1 N–H and O–H groups in total. The Morgan fingerprint density at radius 1 is 1.00 bits per heavy atom. The molecule has 0 heterocycles. The quantitative estimate of drug-likeness (QED) is 0.250. The van der Waals surface area contributed by atoms with E-state index in [2.05, 4.69) is 5.16 Å². The van der Waals surface area contributed by atoms with Gasteiger partial charge < -0.3 is 4.84 Å². The van der Waals surface area contributed by atoms with Crippen molar-refractivity contribution in [1.82, 2.24) is 0 Å². The number of anilines is 1. The monoisotopic (exact) mass is 512 g/mol. The SMILES string of the molecule is CC.Cc1ccc(NS(=O)(=O)C(F)(F)F)c(/C(=N/OCc2ccc(C(F)(F)F)cc2)C(C)C)c1. The number of hydrogen-bond donors (Lipinski definition) is 1. The summed E-state index contributed by atoms with van der Waals surface area (Å²) in [6.07, 6.45) is -4.48. The molecule has 5 nitrogen and oxygen atoms in total. The van der Waals surface area contributed by atoms with Gasteiger partial charge in [0.15, 0.2) is 0 Å². The fourth-order valence-electron chi connectivity index (χ4n) is 2.59. The molecule has 2 aromatic carbocycles. The summed E-state index contributed by atoms with van der Waals surface area (Å²) in [7, 11) is -5.66. The first-order chi connectivity index (χ1) is 15.6. The van der Waals surface area contributed by atoms with Crippen LogP contribution in [0.5, 0.6) is 0 Å². The van der Waals surface area contributed by atoms with E-state index in [0.717, 1.165) is 12.1 Å². The number of sulfonamides is 1. The van der Waals surface area contributed by atoms with E-state index in [1.165, 1.54) is 35.1 Å². The molecule has 2 rings (SSSR count). The third-order valence-corrected chi connectivity index (χ3v) is 5.32. The zero-order chi connectivity index (χ0) is 26.3. The molecule has 190 valence electrons. The largest absolute Gasteiger partial charge is 0.516 e. The average molecular weight is 513 g/mol. The highest BCUT2D eigenvalue weighted by molar-refractivity contribution is 7.93. The second-order valence-electron chi connectivity index (χ2n) is 7.20. The molecular formula is C22H26F6N2O3S. The van der Waals surface area contributed by atoms with Crippen molar-refractivity contribution < 1.29 is 39.6 Å². The van der Waals surface area contributed by atoms with Crippen molar-refractivity contribution in [1.29, 1.82) is 0 Å². The van der Waals surface area contributed by atoms with Crippen molar-refractivity contribution in [2.45, 2.75) is 52.9 Å². The summed E-state index contributed by atoms with van der Waals surface area (Å²) >= 11 is 0. The molecule has 0 spiro atoms. The molecule has 0 aromatic heterocycles. The number of alkyl halides is 6. The summed E-state index contributed by atoms with van der Waals surface area (Å²) in [5.74, 6) is -0.390. The van der Waals surface area contributed by atoms with Gasteiger partial charge in [-0.25, -0.2) is 0 Å². The van der Waals surface area contributed by atoms with E-state index < -0.39 is 33.2 Å². The molecule has 12 heteroatoms. The van der Waals surface area contributed by atoms with E-state index in [9.17, 15) is 34.8 Å². The van der Waals surface area contributed by atoms with Crippen LogP contribution in [0.25, 0.3) is 0 Å². The van der Waals surface area contributed by atoms with Crippen LogP contribution in [-0.2, 0) is 27.6 Å². The van der Waals surface area contributed by atoms with Crippen LogP contribution in [0.4, 0.5) is 32.0 Å². The number of nitrogens with zero attached hydrogens (tertiary/aromatic N) is 1. The van der Waals surface area contributed by atoms with E-state index in [-0.39, 0.29) is 23.6 Å². The summed E-state index contributed by atoms with van der Waals surface area (Å²) < 4.78 is 101. The Bertz CT molecular complexity index is 1080. The molecule has 0 saturated carbocycles. The topological polar surface area (TPSA) is 67.8 Å². The third kappa shape index (κ3) is 7.93. The predicted octanol–water partition coefficient (Wildman–Crippen LogP) is 6.88. The van der Waals surface area contributed by atoms with E-state index >= 15 is 0 Å². The molecule has 0 aliphatic heterocycles. The zero-order valence-electron chi connectivity index (χ0n) is 19.2. The van der Waals surface area contributed by atoms with Crippen LogP contribution in [0.15, 0.2) is 47.6 Å². The number of oxime groups is 1. The molecule has 0 aliphatic rings. The van der Waals surface area contributed by atoms with Gasteiger partial charge in [-0.3, -0.25) is 4.72 Å². The minimum absolute atomic E-state index is 0.0836. The number of rotatable bonds is 7. The van der Waals surface area contributed by atoms with Crippen molar-refractivity contribution >= 4 is 21.4 Å². The Hall–Kier alpha value is -2.76. The van der Waals surface area contributed by atoms with Crippen LogP contribution in [0.3, 0.4) is 0 Å². The highest BCUT2D eigenvalue weighted by Gasteiger charge is 2.46.